The number of nitrogens with zero attached hydrogens (tertiary/aromatic N) is 4. The van der Waals surface area contributed by atoms with Crippen LogP contribution in [0.3, 0.4) is 0 Å². The summed E-state index contributed by atoms with van der Waals surface area (Å²) in [6, 6.07) is 16.1. The topological polar surface area (TPSA) is 56.8 Å². The van der Waals surface area contributed by atoms with Crippen LogP contribution in [0.15, 0.2) is 48.5 Å². The summed E-state index contributed by atoms with van der Waals surface area (Å²) in [4.78, 5) is 35.6. The predicted molar refractivity (Wildman–Crippen MR) is 123 cm³/mol. The summed E-state index contributed by atoms with van der Waals surface area (Å²) in [7, 11) is 0. The van der Waals surface area contributed by atoms with E-state index in [1.807, 2.05) is 46.2 Å². The van der Waals surface area contributed by atoms with Gasteiger partial charge in [0.05, 0.1) is 23.2 Å². The highest BCUT2D eigenvalue weighted by Gasteiger charge is 2.23. The lowest BCUT2D eigenvalue weighted by molar-refractivity contribution is -0.132. The lowest BCUT2D eigenvalue weighted by Gasteiger charge is -2.34. The van der Waals surface area contributed by atoms with E-state index in [0.29, 0.717) is 12.8 Å². The van der Waals surface area contributed by atoms with Gasteiger partial charge in [-0.25, -0.2) is 4.98 Å². The number of amides is 2. The Labute approximate surface area is 186 Å². The van der Waals surface area contributed by atoms with Gasteiger partial charge in [0.1, 0.15) is 5.01 Å². The molecule has 0 aliphatic carbocycles. The van der Waals surface area contributed by atoms with Crippen LogP contribution in [-0.4, -0.2) is 59.3 Å². The summed E-state index contributed by atoms with van der Waals surface area (Å²) < 4.78 is 1.23. The van der Waals surface area contributed by atoms with Crippen LogP contribution in [-0.2, 0) is 22.6 Å². The van der Waals surface area contributed by atoms with E-state index in [2.05, 4.69) is 17.0 Å². The molecule has 5 rings (SSSR count). The van der Waals surface area contributed by atoms with Crippen LogP contribution < -0.4 is 4.90 Å². The number of hydrogen-bond acceptors (Lipinski definition) is 5. The Kier molecular flexibility index (Phi) is 5.70. The van der Waals surface area contributed by atoms with E-state index >= 15 is 0 Å². The normalized spacial score (nSPS) is 17.6. The van der Waals surface area contributed by atoms with Crippen LogP contribution in [0.5, 0.6) is 0 Å². The Morgan fingerprint density at radius 3 is 2.45 bits per heavy atom. The highest BCUT2D eigenvalue weighted by Crippen LogP contribution is 2.24. The molecule has 31 heavy (non-hydrogen) atoms. The maximum atomic E-state index is 12.8. The Morgan fingerprint density at radius 1 is 0.968 bits per heavy atom. The number of thiazole rings is 1. The SMILES string of the molecule is O=C(Cc1ccc(N2CCCC2=O)cc1)N1CCN(Cc2nc3ccccc3s2)CC1. The molecular formula is C24H26N4O2S. The van der Waals surface area contributed by atoms with Crippen LogP contribution in [0.4, 0.5) is 5.69 Å². The molecule has 3 aromatic rings. The van der Waals surface area contributed by atoms with Crippen LogP contribution >= 0.6 is 11.3 Å². The molecule has 2 aromatic carbocycles. The molecule has 0 atom stereocenters. The quantitative estimate of drug-likeness (QED) is 0.618. The molecular weight excluding hydrogens is 408 g/mol. The van der Waals surface area contributed by atoms with Crippen LogP contribution in [0, 0.1) is 0 Å². The maximum absolute atomic E-state index is 12.8. The maximum Gasteiger partial charge on any atom is 0.227 e. The summed E-state index contributed by atoms with van der Waals surface area (Å²) in [5, 5.41) is 1.14. The zero-order valence-corrected chi connectivity index (χ0v) is 18.3. The number of anilines is 1. The molecule has 7 heteroatoms. The van der Waals surface area contributed by atoms with Crippen LogP contribution in [0.1, 0.15) is 23.4 Å². The monoisotopic (exact) mass is 434 g/mol. The molecule has 3 heterocycles. The van der Waals surface area contributed by atoms with Gasteiger partial charge in [-0.2, -0.15) is 0 Å². The number of rotatable bonds is 5. The molecule has 2 aliphatic heterocycles. The Balaban J connectivity index is 1.12. The highest BCUT2D eigenvalue weighted by atomic mass is 32.1. The molecule has 0 unspecified atom stereocenters. The average molecular weight is 435 g/mol. The molecule has 6 nitrogen and oxygen atoms in total. The number of fused-ring (bicyclic) bond motifs is 1. The molecule has 0 N–H and O–H groups in total. The smallest absolute Gasteiger partial charge is 0.227 e. The van der Waals surface area contributed by atoms with Crippen molar-refractivity contribution in [3.8, 4) is 0 Å². The van der Waals surface area contributed by atoms with Gasteiger partial charge in [-0.05, 0) is 36.2 Å². The van der Waals surface area contributed by atoms with Gasteiger partial charge in [0.15, 0.2) is 0 Å². The zero-order chi connectivity index (χ0) is 21.2. The summed E-state index contributed by atoms with van der Waals surface area (Å²) in [5.74, 6) is 0.359. The summed E-state index contributed by atoms with van der Waals surface area (Å²) in [6.07, 6.45) is 1.96. The van der Waals surface area contributed by atoms with Gasteiger partial charge in [-0.3, -0.25) is 14.5 Å². The lowest BCUT2D eigenvalue weighted by Crippen LogP contribution is -2.48. The second-order valence-corrected chi connectivity index (χ2v) is 9.34. The van der Waals surface area contributed by atoms with Crippen molar-refractivity contribution in [1.82, 2.24) is 14.8 Å². The van der Waals surface area contributed by atoms with E-state index in [9.17, 15) is 9.59 Å². The van der Waals surface area contributed by atoms with Crippen LogP contribution in [0.25, 0.3) is 10.2 Å². The standard InChI is InChI=1S/C24H26N4O2S/c29-23-6-3-11-28(23)19-9-7-18(8-10-19)16-24(30)27-14-12-26(13-15-27)17-22-25-20-4-1-2-5-21(20)31-22/h1-2,4-5,7-10H,3,6,11-17H2. The molecule has 0 spiro atoms. The highest BCUT2D eigenvalue weighted by molar-refractivity contribution is 7.18. The first kappa shape index (κ1) is 20.2. The minimum atomic E-state index is 0.171. The fourth-order valence-corrected chi connectivity index (χ4v) is 5.35. The molecule has 2 aliphatic rings. The summed E-state index contributed by atoms with van der Waals surface area (Å²) in [5.41, 5.74) is 3.00. The number of carbonyl (C=O) groups excluding carboxylic acids is 2. The lowest BCUT2D eigenvalue weighted by atomic mass is 10.1. The minimum Gasteiger partial charge on any atom is -0.340 e. The van der Waals surface area contributed by atoms with Crippen molar-refractivity contribution in [2.75, 3.05) is 37.6 Å². The van der Waals surface area contributed by atoms with Gasteiger partial charge < -0.3 is 9.80 Å². The van der Waals surface area contributed by atoms with E-state index in [4.69, 9.17) is 4.98 Å². The van der Waals surface area contributed by atoms with E-state index in [1.54, 1.807) is 11.3 Å². The van der Waals surface area contributed by atoms with Crippen molar-refractivity contribution in [2.45, 2.75) is 25.8 Å². The largest absolute Gasteiger partial charge is 0.340 e. The number of aromatic nitrogens is 1. The van der Waals surface area contributed by atoms with E-state index in [1.165, 1.54) is 4.70 Å². The first-order chi connectivity index (χ1) is 15.2. The third kappa shape index (κ3) is 4.48. The van der Waals surface area contributed by atoms with Crippen molar-refractivity contribution >= 4 is 39.1 Å². The van der Waals surface area contributed by atoms with E-state index in [0.717, 1.165) is 67.5 Å². The van der Waals surface area contributed by atoms with Crippen molar-refractivity contribution in [1.29, 1.82) is 0 Å². The van der Waals surface area contributed by atoms with Gasteiger partial charge >= 0.3 is 0 Å². The first-order valence-electron chi connectivity index (χ1n) is 10.9. The Morgan fingerprint density at radius 2 is 1.74 bits per heavy atom. The molecule has 1 aromatic heterocycles. The predicted octanol–water partition coefficient (Wildman–Crippen LogP) is 3.31. The molecule has 0 bridgehead atoms. The third-order valence-electron chi connectivity index (χ3n) is 6.10. The van der Waals surface area contributed by atoms with Crippen molar-refractivity contribution in [3.63, 3.8) is 0 Å². The zero-order valence-electron chi connectivity index (χ0n) is 17.5. The Hall–Kier alpha value is -2.77. The number of benzene rings is 2. The Bertz CT molecular complexity index is 1050. The van der Waals surface area contributed by atoms with Crippen molar-refractivity contribution in [3.05, 3.63) is 59.1 Å². The number of para-hydroxylation sites is 1. The second-order valence-electron chi connectivity index (χ2n) is 8.22. The van der Waals surface area contributed by atoms with Crippen LogP contribution in [0.2, 0.25) is 0 Å². The van der Waals surface area contributed by atoms with Gasteiger partial charge in [0.25, 0.3) is 0 Å². The fourth-order valence-electron chi connectivity index (χ4n) is 4.34. The summed E-state index contributed by atoms with van der Waals surface area (Å²) >= 11 is 1.75. The molecule has 160 valence electrons. The number of carbonyl (C=O) groups is 2. The van der Waals surface area contributed by atoms with E-state index < -0.39 is 0 Å². The first-order valence-corrected chi connectivity index (χ1v) is 11.7. The second kappa shape index (κ2) is 8.77. The number of piperazine rings is 1. The van der Waals surface area contributed by atoms with Crippen molar-refractivity contribution in [2.24, 2.45) is 0 Å². The molecule has 2 fully saturated rings. The van der Waals surface area contributed by atoms with E-state index in [-0.39, 0.29) is 11.8 Å². The molecule has 0 saturated carbocycles. The molecule has 2 saturated heterocycles. The molecule has 0 radical (unpaired) electrons. The average Bonchev–Trinajstić information content (AvgIpc) is 3.40. The molecule has 2 amide bonds. The van der Waals surface area contributed by atoms with Gasteiger partial charge in [0, 0.05) is 44.8 Å². The minimum absolute atomic E-state index is 0.171. The summed E-state index contributed by atoms with van der Waals surface area (Å²) in [6.45, 7) is 4.89. The van der Waals surface area contributed by atoms with Gasteiger partial charge in [-0.1, -0.05) is 24.3 Å². The third-order valence-corrected chi connectivity index (χ3v) is 7.12. The number of hydrogen-bond donors (Lipinski definition) is 0. The van der Waals surface area contributed by atoms with Crippen molar-refractivity contribution < 1.29 is 9.59 Å². The fraction of sp³-hybridized carbons (Fsp3) is 0.375. The van der Waals surface area contributed by atoms with Gasteiger partial charge in [-0.15, -0.1) is 11.3 Å². The van der Waals surface area contributed by atoms with Gasteiger partial charge in [0.2, 0.25) is 11.8 Å².